The number of hydrogen-bond acceptors (Lipinski definition) is 3. The Hall–Kier alpha value is -2.20. The summed E-state index contributed by atoms with van der Waals surface area (Å²) in [6, 6.07) is 15.0. The number of carbonyl (C=O) groups excluding carboxylic acids is 1. The average Bonchev–Trinajstić information content (AvgIpc) is 3.28. The zero-order chi connectivity index (χ0) is 18.6. The van der Waals surface area contributed by atoms with Crippen LogP contribution < -0.4 is 0 Å². The minimum Gasteiger partial charge on any atom is -0.336 e. The number of aryl methyl sites for hydroxylation is 2. The molecule has 0 aliphatic carbocycles. The summed E-state index contributed by atoms with van der Waals surface area (Å²) in [4.78, 5) is 23.0. The van der Waals surface area contributed by atoms with Crippen LogP contribution in [0.3, 0.4) is 0 Å². The van der Waals surface area contributed by atoms with Gasteiger partial charge in [0, 0.05) is 24.7 Å². The molecule has 3 aliphatic heterocycles. The average molecular weight is 361 g/mol. The molecule has 1 amide bonds. The predicted molar refractivity (Wildman–Crippen MR) is 105 cm³/mol. The molecule has 1 spiro atoms. The number of hydrogen-bond donors (Lipinski definition) is 0. The quantitative estimate of drug-likeness (QED) is 0.837. The van der Waals surface area contributed by atoms with Crippen molar-refractivity contribution in [3.8, 4) is 0 Å². The first-order chi connectivity index (χ1) is 13.1. The van der Waals surface area contributed by atoms with Gasteiger partial charge >= 0.3 is 0 Å². The third-order valence-corrected chi connectivity index (χ3v) is 7.00. The summed E-state index contributed by atoms with van der Waals surface area (Å²) in [5.41, 5.74) is 4.46. The van der Waals surface area contributed by atoms with Crippen LogP contribution >= 0.6 is 0 Å². The molecule has 5 rings (SSSR count). The molecule has 4 nitrogen and oxygen atoms in total. The summed E-state index contributed by atoms with van der Waals surface area (Å²) in [7, 11) is 0. The molecule has 4 heterocycles. The number of likely N-dealkylation sites (tertiary alicyclic amines) is 1. The van der Waals surface area contributed by atoms with Gasteiger partial charge in [0.1, 0.15) is 5.54 Å². The lowest BCUT2D eigenvalue weighted by Gasteiger charge is -2.33. The van der Waals surface area contributed by atoms with Crippen LogP contribution in [-0.4, -0.2) is 39.3 Å². The van der Waals surface area contributed by atoms with Gasteiger partial charge in [-0.15, -0.1) is 0 Å². The fraction of sp³-hybridized carbons (Fsp3) is 0.478. The smallest absolute Gasteiger partial charge is 0.243 e. The maximum Gasteiger partial charge on any atom is 0.243 e. The van der Waals surface area contributed by atoms with E-state index in [1.807, 2.05) is 13.0 Å². The molecule has 27 heavy (non-hydrogen) atoms. The zero-order valence-electron chi connectivity index (χ0n) is 16.2. The number of benzene rings is 1. The number of nitrogens with zero attached hydrogens (tertiary/aromatic N) is 3. The number of carbonyl (C=O) groups is 1. The van der Waals surface area contributed by atoms with E-state index in [0.29, 0.717) is 17.9 Å². The highest BCUT2D eigenvalue weighted by atomic mass is 16.2. The van der Waals surface area contributed by atoms with Crippen LogP contribution in [-0.2, 0) is 11.3 Å². The molecule has 0 radical (unpaired) electrons. The molecule has 1 aromatic heterocycles. The van der Waals surface area contributed by atoms with Gasteiger partial charge in [0.2, 0.25) is 5.91 Å². The highest BCUT2D eigenvalue weighted by Crippen LogP contribution is 2.55. The molecular formula is C23H27N3O. The van der Waals surface area contributed by atoms with E-state index in [2.05, 4.69) is 53.1 Å². The van der Waals surface area contributed by atoms with Gasteiger partial charge in [-0.2, -0.15) is 0 Å². The lowest BCUT2D eigenvalue weighted by Crippen LogP contribution is -2.49. The summed E-state index contributed by atoms with van der Waals surface area (Å²) in [6.45, 7) is 6.82. The molecule has 4 heteroatoms. The van der Waals surface area contributed by atoms with Crippen LogP contribution in [0.15, 0.2) is 42.5 Å². The Morgan fingerprint density at radius 2 is 2.00 bits per heavy atom. The van der Waals surface area contributed by atoms with Crippen molar-refractivity contribution in [2.45, 2.75) is 51.2 Å². The molecule has 3 fully saturated rings. The van der Waals surface area contributed by atoms with Gasteiger partial charge in [-0.05, 0) is 62.9 Å². The van der Waals surface area contributed by atoms with Crippen molar-refractivity contribution in [2.24, 2.45) is 5.92 Å². The monoisotopic (exact) mass is 361 g/mol. The van der Waals surface area contributed by atoms with Crippen LogP contribution in [0, 0.1) is 19.8 Å². The highest BCUT2D eigenvalue weighted by molar-refractivity contribution is 5.90. The number of rotatable bonds is 3. The Morgan fingerprint density at radius 3 is 2.81 bits per heavy atom. The van der Waals surface area contributed by atoms with E-state index in [1.54, 1.807) is 0 Å². The Kier molecular flexibility index (Phi) is 3.87. The molecule has 0 saturated carbocycles. The van der Waals surface area contributed by atoms with Crippen molar-refractivity contribution in [3.63, 3.8) is 0 Å². The first-order valence-corrected chi connectivity index (χ1v) is 10.1. The Morgan fingerprint density at radius 1 is 1.15 bits per heavy atom. The lowest BCUT2D eigenvalue weighted by molar-refractivity contribution is -0.137. The fourth-order valence-corrected chi connectivity index (χ4v) is 5.74. The van der Waals surface area contributed by atoms with Crippen LogP contribution in [0.4, 0.5) is 0 Å². The standard InChI is InChI=1S/C23H27N3O/c1-16-7-3-4-9-18(16)14-25-15-19-13-21(20-10-5-8-17(2)24-20)26-12-6-11-23(19,26)22(25)27/h3-5,7-10,19,21H,6,11-15H2,1-2H3/t19-,21-,23-/m0/s1. The topological polar surface area (TPSA) is 36.4 Å². The van der Waals surface area contributed by atoms with Gasteiger partial charge in [0.15, 0.2) is 0 Å². The zero-order valence-corrected chi connectivity index (χ0v) is 16.2. The largest absolute Gasteiger partial charge is 0.336 e. The molecule has 1 aromatic carbocycles. The van der Waals surface area contributed by atoms with Crippen molar-refractivity contribution in [2.75, 3.05) is 13.1 Å². The minimum absolute atomic E-state index is 0.279. The Labute approximate surface area is 161 Å². The maximum absolute atomic E-state index is 13.6. The molecule has 140 valence electrons. The van der Waals surface area contributed by atoms with E-state index in [0.717, 1.165) is 50.3 Å². The normalized spacial score (nSPS) is 30.0. The Bertz CT molecular complexity index is 895. The fourth-order valence-electron chi connectivity index (χ4n) is 5.74. The summed E-state index contributed by atoms with van der Waals surface area (Å²) in [5, 5.41) is 0. The molecule has 3 atom stereocenters. The van der Waals surface area contributed by atoms with Crippen LogP contribution in [0.25, 0.3) is 0 Å². The van der Waals surface area contributed by atoms with E-state index in [9.17, 15) is 4.79 Å². The van der Waals surface area contributed by atoms with E-state index < -0.39 is 0 Å². The molecular weight excluding hydrogens is 334 g/mol. The second-order valence-electron chi connectivity index (χ2n) is 8.49. The molecule has 0 bridgehead atoms. The molecule has 0 N–H and O–H groups in total. The summed E-state index contributed by atoms with van der Waals surface area (Å²) < 4.78 is 0. The number of aromatic nitrogens is 1. The van der Waals surface area contributed by atoms with Crippen LogP contribution in [0.5, 0.6) is 0 Å². The van der Waals surface area contributed by atoms with Crippen LogP contribution in [0.1, 0.15) is 47.8 Å². The Balaban J connectivity index is 1.44. The molecule has 2 aromatic rings. The third-order valence-electron chi connectivity index (χ3n) is 7.00. The van der Waals surface area contributed by atoms with Crippen LogP contribution in [0.2, 0.25) is 0 Å². The van der Waals surface area contributed by atoms with Gasteiger partial charge < -0.3 is 4.90 Å². The summed E-state index contributed by atoms with van der Waals surface area (Å²) >= 11 is 0. The summed E-state index contributed by atoms with van der Waals surface area (Å²) in [5.74, 6) is 0.771. The van der Waals surface area contributed by atoms with E-state index in [-0.39, 0.29) is 5.54 Å². The van der Waals surface area contributed by atoms with E-state index in [1.165, 1.54) is 11.1 Å². The van der Waals surface area contributed by atoms with Crippen molar-refractivity contribution in [3.05, 3.63) is 65.0 Å². The van der Waals surface area contributed by atoms with E-state index in [4.69, 9.17) is 4.98 Å². The lowest BCUT2D eigenvalue weighted by atomic mass is 9.85. The van der Waals surface area contributed by atoms with Gasteiger partial charge in [0.05, 0.1) is 11.7 Å². The summed E-state index contributed by atoms with van der Waals surface area (Å²) in [6.07, 6.45) is 3.16. The third kappa shape index (κ3) is 2.46. The predicted octanol–water partition coefficient (Wildman–Crippen LogP) is 3.64. The van der Waals surface area contributed by atoms with Crippen molar-refractivity contribution >= 4 is 5.91 Å². The number of amides is 1. The van der Waals surface area contributed by atoms with E-state index >= 15 is 0 Å². The van der Waals surface area contributed by atoms with Crippen molar-refractivity contribution in [1.29, 1.82) is 0 Å². The van der Waals surface area contributed by atoms with Gasteiger partial charge in [-0.1, -0.05) is 30.3 Å². The maximum atomic E-state index is 13.6. The SMILES string of the molecule is Cc1cccc([C@@H]2C[C@H]3CN(Cc4ccccc4C)C(=O)[C@]34CCCN24)n1. The van der Waals surface area contributed by atoms with Crippen molar-refractivity contribution in [1.82, 2.24) is 14.8 Å². The molecule has 3 aliphatic rings. The molecule has 0 unspecified atom stereocenters. The first-order valence-electron chi connectivity index (χ1n) is 10.1. The number of pyridine rings is 1. The second-order valence-corrected chi connectivity index (χ2v) is 8.49. The minimum atomic E-state index is -0.279. The second kappa shape index (κ2) is 6.16. The first kappa shape index (κ1) is 16.9. The van der Waals surface area contributed by atoms with Gasteiger partial charge in [0.25, 0.3) is 0 Å². The van der Waals surface area contributed by atoms with Gasteiger partial charge in [-0.25, -0.2) is 0 Å². The molecule has 3 saturated heterocycles. The van der Waals surface area contributed by atoms with Crippen molar-refractivity contribution < 1.29 is 4.79 Å². The van der Waals surface area contributed by atoms with Gasteiger partial charge in [-0.3, -0.25) is 14.7 Å². The highest BCUT2D eigenvalue weighted by Gasteiger charge is 2.65.